The van der Waals surface area contributed by atoms with Gasteiger partial charge in [-0.2, -0.15) is 0 Å². The highest BCUT2D eigenvalue weighted by molar-refractivity contribution is 5.92. The summed E-state index contributed by atoms with van der Waals surface area (Å²) in [5.74, 6) is 0.488. The molecule has 0 saturated carbocycles. The minimum absolute atomic E-state index is 0.0363. The van der Waals surface area contributed by atoms with E-state index in [4.69, 9.17) is 4.74 Å². The normalized spacial score (nSPS) is 20.9. The monoisotopic (exact) mass is 467 g/mol. The predicted octanol–water partition coefficient (Wildman–Crippen LogP) is 2.93. The van der Waals surface area contributed by atoms with Crippen molar-refractivity contribution in [1.82, 2.24) is 25.0 Å². The first-order chi connectivity index (χ1) is 16.6. The van der Waals surface area contributed by atoms with Crippen molar-refractivity contribution >= 4 is 12.0 Å². The lowest BCUT2D eigenvalue weighted by molar-refractivity contribution is 0.0526. The zero-order valence-electron chi connectivity index (χ0n) is 19.8. The number of carbonyl (C=O) groups is 2. The number of hydrogen-bond acceptors (Lipinski definition) is 7. The molecule has 1 aromatic carbocycles. The molecule has 9 nitrogen and oxygen atoms in total. The summed E-state index contributed by atoms with van der Waals surface area (Å²) >= 11 is 0. The molecule has 3 aliphatic heterocycles. The van der Waals surface area contributed by atoms with Gasteiger partial charge in [-0.15, -0.1) is 0 Å². The summed E-state index contributed by atoms with van der Waals surface area (Å²) in [6.45, 7) is 8.22. The molecule has 2 aromatic rings. The van der Waals surface area contributed by atoms with Gasteiger partial charge in [0, 0.05) is 38.1 Å². The molecule has 1 spiro atoms. The van der Waals surface area contributed by atoms with E-state index < -0.39 is 0 Å². The molecule has 0 N–H and O–H groups in total. The van der Waals surface area contributed by atoms with Crippen LogP contribution in [0.3, 0.4) is 0 Å². The van der Waals surface area contributed by atoms with Gasteiger partial charge in [0.15, 0.2) is 5.69 Å². The lowest BCUT2D eigenvalue weighted by atomic mass is 9.68. The third kappa shape index (κ3) is 4.53. The summed E-state index contributed by atoms with van der Waals surface area (Å²) < 4.78 is 9.81. The van der Waals surface area contributed by atoms with E-state index in [2.05, 4.69) is 44.1 Å². The second-order valence-electron chi connectivity index (χ2n) is 9.82. The largest absolute Gasteiger partial charge is 0.450 e. The number of carbonyl (C=O) groups excluding carboxylic acids is 2. The fourth-order valence-electron chi connectivity index (χ4n) is 5.92. The highest BCUT2D eigenvalue weighted by Crippen LogP contribution is 2.42. The van der Waals surface area contributed by atoms with Crippen molar-refractivity contribution in [2.45, 2.75) is 44.6 Å². The summed E-state index contributed by atoms with van der Waals surface area (Å²) in [6.07, 6.45) is 5.30. The number of rotatable bonds is 4. The topological polar surface area (TPSA) is 92.0 Å². The Labute approximate surface area is 200 Å². The number of amides is 2. The van der Waals surface area contributed by atoms with Crippen LogP contribution in [0.1, 0.15) is 54.2 Å². The molecule has 4 heterocycles. The third-order valence-corrected chi connectivity index (χ3v) is 7.78. The molecule has 9 heteroatoms. The molecular formula is C25H33N5O4. The maximum atomic E-state index is 13.1. The average molecular weight is 468 g/mol. The lowest BCUT2D eigenvalue weighted by Crippen LogP contribution is -2.54. The highest BCUT2D eigenvalue weighted by Gasteiger charge is 2.43. The van der Waals surface area contributed by atoms with Crippen molar-refractivity contribution in [1.29, 1.82) is 0 Å². The van der Waals surface area contributed by atoms with E-state index in [-0.39, 0.29) is 23.1 Å². The van der Waals surface area contributed by atoms with E-state index in [0.717, 1.165) is 58.4 Å². The third-order valence-electron chi connectivity index (χ3n) is 7.78. The maximum absolute atomic E-state index is 13.1. The van der Waals surface area contributed by atoms with E-state index in [0.29, 0.717) is 25.6 Å². The van der Waals surface area contributed by atoms with Crippen molar-refractivity contribution in [3.63, 3.8) is 0 Å². The van der Waals surface area contributed by atoms with Crippen LogP contribution in [0.15, 0.2) is 35.1 Å². The van der Waals surface area contributed by atoms with Crippen molar-refractivity contribution in [3.8, 4) is 0 Å². The Balaban J connectivity index is 1.22. The number of hydrogen-bond donors (Lipinski definition) is 0. The molecule has 1 aromatic heterocycles. The van der Waals surface area contributed by atoms with Gasteiger partial charge < -0.3 is 19.4 Å². The molecule has 34 heavy (non-hydrogen) atoms. The lowest BCUT2D eigenvalue weighted by Gasteiger charge is -2.49. The van der Waals surface area contributed by atoms with Gasteiger partial charge >= 0.3 is 6.09 Å². The Kier molecular flexibility index (Phi) is 6.54. The van der Waals surface area contributed by atoms with Crippen molar-refractivity contribution < 1.29 is 19.0 Å². The summed E-state index contributed by atoms with van der Waals surface area (Å²) in [5, 5.41) is 7.37. The molecule has 0 unspecified atom stereocenters. The Morgan fingerprint density at radius 2 is 1.88 bits per heavy atom. The fraction of sp³-hybridized carbons (Fsp3) is 0.600. The van der Waals surface area contributed by atoms with Crippen LogP contribution in [-0.2, 0) is 16.7 Å². The van der Waals surface area contributed by atoms with E-state index in [1.54, 1.807) is 0 Å². The van der Waals surface area contributed by atoms with Gasteiger partial charge in [0.25, 0.3) is 5.91 Å². The summed E-state index contributed by atoms with van der Waals surface area (Å²) in [6, 6.07) is 8.55. The SMILES string of the molecule is CCOC(=O)N1CCC(CN2CCC3(CC2)CN(C(=O)c2cnon2)Cc2ccccc23)CC1. The molecule has 3 aliphatic rings. The molecule has 5 rings (SSSR count). The molecule has 0 bridgehead atoms. The molecule has 0 radical (unpaired) electrons. The Morgan fingerprint density at radius 1 is 1.12 bits per heavy atom. The van der Waals surface area contributed by atoms with E-state index in [1.165, 1.54) is 17.3 Å². The standard InChI is InChI=1S/C25H33N5O4/c1-2-33-24(32)29-11-7-19(8-12-29)16-28-13-9-25(10-14-28)18-30(23(31)22-15-26-34-27-22)17-20-5-3-4-6-21(20)25/h3-6,15,19H,2,7-14,16-18H2,1H3. The van der Waals surface area contributed by atoms with Gasteiger partial charge in [-0.1, -0.05) is 29.4 Å². The zero-order valence-corrected chi connectivity index (χ0v) is 19.8. The van der Waals surface area contributed by atoms with Crippen LogP contribution in [-0.4, -0.2) is 82.9 Å². The second-order valence-corrected chi connectivity index (χ2v) is 9.82. The van der Waals surface area contributed by atoms with Crippen LogP contribution in [0.5, 0.6) is 0 Å². The van der Waals surface area contributed by atoms with Crippen LogP contribution < -0.4 is 0 Å². The summed E-state index contributed by atoms with van der Waals surface area (Å²) in [7, 11) is 0. The van der Waals surface area contributed by atoms with Crippen molar-refractivity contribution in [2.24, 2.45) is 5.92 Å². The van der Waals surface area contributed by atoms with Gasteiger partial charge in [0.1, 0.15) is 6.20 Å². The quantitative estimate of drug-likeness (QED) is 0.683. The number of ether oxygens (including phenoxy) is 1. The van der Waals surface area contributed by atoms with Crippen LogP contribution in [0.2, 0.25) is 0 Å². The smallest absolute Gasteiger partial charge is 0.409 e. The number of benzene rings is 1. The first-order valence-corrected chi connectivity index (χ1v) is 12.4. The molecule has 2 fully saturated rings. The van der Waals surface area contributed by atoms with E-state index >= 15 is 0 Å². The Hall–Kier alpha value is -2.94. The van der Waals surface area contributed by atoms with Gasteiger partial charge in [0.05, 0.1) is 6.61 Å². The van der Waals surface area contributed by atoms with Crippen LogP contribution in [0.25, 0.3) is 0 Å². The minimum Gasteiger partial charge on any atom is -0.450 e. The van der Waals surface area contributed by atoms with Crippen LogP contribution in [0.4, 0.5) is 4.79 Å². The fourth-order valence-corrected chi connectivity index (χ4v) is 5.92. The van der Waals surface area contributed by atoms with Gasteiger partial charge in [-0.3, -0.25) is 4.79 Å². The number of nitrogens with zero attached hydrogens (tertiary/aromatic N) is 5. The molecule has 2 amide bonds. The maximum Gasteiger partial charge on any atom is 0.409 e. The first kappa shape index (κ1) is 22.8. The Morgan fingerprint density at radius 3 is 2.59 bits per heavy atom. The Bertz CT molecular complexity index is 994. The van der Waals surface area contributed by atoms with Crippen molar-refractivity contribution in [3.05, 3.63) is 47.3 Å². The van der Waals surface area contributed by atoms with Gasteiger partial charge in [-0.25, -0.2) is 9.42 Å². The van der Waals surface area contributed by atoms with E-state index in [9.17, 15) is 9.59 Å². The highest BCUT2D eigenvalue weighted by atomic mass is 16.6. The number of likely N-dealkylation sites (tertiary alicyclic amines) is 2. The molecule has 2 saturated heterocycles. The van der Waals surface area contributed by atoms with Crippen LogP contribution >= 0.6 is 0 Å². The molecule has 0 aliphatic carbocycles. The number of piperidine rings is 2. The zero-order chi connectivity index (χ0) is 23.5. The summed E-state index contributed by atoms with van der Waals surface area (Å²) in [5.41, 5.74) is 2.84. The predicted molar refractivity (Wildman–Crippen MR) is 124 cm³/mol. The number of aromatic nitrogens is 2. The first-order valence-electron chi connectivity index (χ1n) is 12.4. The summed E-state index contributed by atoms with van der Waals surface area (Å²) in [4.78, 5) is 31.3. The minimum atomic E-state index is -0.183. The van der Waals surface area contributed by atoms with E-state index in [1.807, 2.05) is 16.7 Å². The van der Waals surface area contributed by atoms with Gasteiger partial charge in [-0.05, 0) is 67.9 Å². The van der Waals surface area contributed by atoms with Crippen LogP contribution in [0, 0.1) is 5.92 Å². The van der Waals surface area contributed by atoms with Crippen molar-refractivity contribution in [2.75, 3.05) is 45.9 Å². The van der Waals surface area contributed by atoms with Gasteiger partial charge in [0.2, 0.25) is 0 Å². The second kappa shape index (κ2) is 9.74. The molecule has 182 valence electrons. The average Bonchev–Trinajstić information content (AvgIpc) is 3.41. The molecular weight excluding hydrogens is 434 g/mol. The molecule has 0 atom stereocenters. The number of fused-ring (bicyclic) bond motifs is 2.